The summed E-state index contributed by atoms with van der Waals surface area (Å²) in [6.07, 6.45) is 1.62. The summed E-state index contributed by atoms with van der Waals surface area (Å²) in [7, 11) is -4.08. The van der Waals surface area contributed by atoms with Gasteiger partial charge in [0.2, 0.25) is 10.0 Å². The Morgan fingerprint density at radius 2 is 2.11 bits per heavy atom. The molecule has 3 N–H and O–H groups in total. The number of unbranched alkanes of at least 4 members (excludes halogenated alkanes) is 1. The molecule has 0 spiro atoms. The topological polar surface area (TPSA) is 107 Å². The zero-order chi connectivity index (χ0) is 14.6. The molecule has 0 fully saturated rings. The summed E-state index contributed by atoms with van der Waals surface area (Å²) in [5.41, 5.74) is -0.287. The number of rotatable bonds is 6. The van der Waals surface area contributed by atoms with Gasteiger partial charge < -0.3 is 9.84 Å². The van der Waals surface area contributed by atoms with Crippen molar-refractivity contribution in [2.45, 2.75) is 24.7 Å². The number of halogens is 1. The second-order valence-corrected chi connectivity index (χ2v) is 5.77. The summed E-state index contributed by atoms with van der Waals surface area (Å²) in [5.74, 6) is -1.29. The smallest absolute Gasteiger partial charge is 0.339 e. The van der Waals surface area contributed by atoms with Gasteiger partial charge in [-0.1, -0.05) is 24.9 Å². The maximum atomic E-state index is 11.3. The zero-order valence-electron chi connectivity index (χ0n) is 10.2. The van der Waals surface area contributed by atoms with Gasteiger partial charge in [0.1, 0.15) is 16.2 Å². The largest absolute Gasteiger partial charge is 0.493 e. The first-order valence-electron chi connectivity index (χ1n) is 5.49. The van der Waals surface area contributed by atoms with Crippen LogP contribution < -0.4 is 9.88 Å². The Labute approximate surface area is 116 Å². The standard InChI is InChI=1S/C11H14ClNO5S/c1-2-3-4-18-9-6-8(12)10(19(13,16)17)5-7(9)11(14)15/h5-6H,2-4H2,1H3,(H,14,15)(H2,13,16,17). The molecule has 1 aromatic carbocycles. The Morgan fingerprint density at radius 3 is 2.58 bits per heavy atom. The highest BCUT2D eigenvalue weighted by Gasteiger charge is 2.21. The molecule has 0 atom stereocenters. The summed E-state index contributed by atoms with van der Waals surface area (Å²) in [5, 5.41) is 13.8. The molecule has 1 rings (SSSR count). The van der Waals surface area contributed by atoms with E-state index in [1.54, 1.807) is 0 Å². The van der Waals surface area contributed by atoms with Crippen LogP contribution in [0, 0.1) is 0 Å². The number of carboxylic acid groups (broad SMARTS) is 1. The summed E-state index contributed by atoms with van der Waals surface area (Å²) in [6.45, 7) is 2.28. The second kappa shape index (κ2) is 6.23. The third kappa shape index (κ3) is 4.09. The Kier molecular flexibility index (Phi) is 5.16. The molecular formula is C11H14ClNO5S. The number of benzene rings is 1. The van der Waals surface area contributed by atoms with E-state index in [2.05, 4.69) is 0 Å². The van der Waals surface area contributed by atoms with Gasteiger partial charge in [0.05, 0.1) is 11.6 Å². The number of aromatic carboxylic acids is 1. The average molecular weight is 308 g/mol. The number of primary sulfonamides is 1. The van der Waals surface area contributed by atoms with Gasteiger partial charge in [-0.3, -0.25) is 0 Å². The lowest BCUT2D eigenvalue weighted by molar-refractivity contribution is 0.0692. The Morgan fingerprint density at radius 1 is 1.47 bits per heavy atom. The quantitative estimate of drug-likeness (QED) is 0.780. The number of ether oxygens (including phenoxy) is 1. The first-order valence-corrected chi connectivity index (χ1v) is 7.42. The van der Waals surface area contributed by atoms with Crippen molar-refractivity contribution in [3.63, 3.8) is 0 Å². The van der Waals surface area contributed by atoms with E-state index in [1.807, 2.05) is 6.92 Å². The maximum Gasteiger partial charge on any atom is 0.339 e. The van der Waals surface area contributed by atoms with Gasteiger partial charge in [-0.2, -0.15) is 0 Å². The van der Waals surface area contributed by atoms with Crippen LogP contribution in [0.3, 0.4) is 0 Å². The highest BCUT2D eigenvalue weighted by Crippen LogP contribution is 2.30. The molecular weight excluding hydrogens is 294 g/mol. The maximum absolute atomic E-state index is 11.3. The predicted octanol–water partition coefficient (Wildman–Crippen LogP) is 1.86. The molecule has 1 aromatic rings. The van der Waals surface area contributed by atoms with E-state index in [-0.39, 0.29) is 16.3 Å². The van der Waals surface area contributed by atoms with Crippen molar-refractivity contribution in [1.82, 2.24) is 0 Å². The van der Waals surface area contributed by atoms with E-state index in [4.69, 9.17) is 26.6 Å². The highest BCUT2D eigenvalue weighted by molar-refractivity contribution is 7.89. The van der Waals surface area contributed by atoms with E-state index in [9.17, 15) is 13.2 Å². The molecule has 0 unspecified atom stereocenters. The van der Waals surface area contributed by atoms with Gasteiger partial charge in [-0.15, -0.1) is 0 Å². The molecule has 0 aliphatic heterocycles. The predicted molar refractivity (Wildman–Crippen MR) is 70.2 cm³/mol. The third-order valence-corrected chi connectivity index (χ3v) is 3.70. The number of carboxylic acids is 1. The van der Waals surface area contributed by atoms with Crippen LogP contribution in [0.5, 0.6) is 5.75 Å². The Balaban J connectivity index is 3.26. The SMILES string of the molecule is CCCCOc1cc(Cl)c(S(N)(=O)=O)cc1C(=O)O. The minimum absolute atomic E-state index is 0.0263. The minimum Gasteiger partial charge on any atom is -0.493 e. The van der Waals surface area contributed by atoms with E-state index in [1.165, 1.54) is 0 Å². The van der Waals surface area contributed by atoms with Crippen LogP contribution in [0.15, 0.2) is 17.0 Å². The normalized spacial score (nSPS) is 11.3. The van der Waals surface area contributed by atoms with Gasteiger partial charge in [-0.25, -0.2) is 18.4 Å². The van der Waals surface area contributed by atoms with Crippen molar-refractivity contribution in [2.24, 2.45) is 5.14 Å². The van der Waals surface area contributed by atoms with Gasteiger partial charge >= 0.3 is 5.97 Å². The van der Waals surface area contributed by atoms with Crippen molar-refractivity contribution in [1.29, 1.82) is 0 Å². The second-order valence-electron chi connectivity index (χ2n) is 3.83. The zero-order valence-corrected chi connectivity index (χ0v) is 11.8. The molecule has 0 saturated heterocycles. The molecule has 0 amide bonds. The fraction of sp³-hybridized carbons (Fsp3) is 0.364. The molecule has 0 aliphatic carbocycles. The van der Waals surface area contributed by atoms with Gasteiger partial charge in [0, 0.05) is 6.07 Å². The van der Waals surface area contributed by atoms with Crippen molar-refractivity contribution >= 4 is 27.6 Å². The van der Waals surface area contributed by atoms with Crippen LogP contribution in [0.4, 0.5) is 0 Å². The van der Waals surface area contributed by atoms with Crippen LogP contribution in [0.25, 0.3) is 0 Å². The molecule has 19 heavy (non-hydrogen) atoms. The van der Waals surface area contributed by atoms with Crippen molar-refractivity contribution < 1.29 is 23.1 Å². The number of sulfonamides is 1. The summed E-state index contributed by atoms with van der Waals surface area (Å²) >= 11 is 5.77. The van der Waals surface area contributed by atoms with E-state index >= 15 is 0 Å². The van der Waals surface area contributed by atoms with Crippen molar-refractivity contribution in [3.8, 4) is 5.75 Å². The first-order chi connectivity index (χ1) is 8.77. The van der Waals surface area contributed by atoms with Crippen molar-refractivity contribution in [3.05, 3.63) is 22.7 Å². The Bertz CT molecular complexity index is 585. The molecule has 0 aromatic heterocycles. The summed E-state index contributed by atoms with van der Waals surface area (Å²) in [6, 6.07) is 2.06. The van der Waals surface area contributed by atoms with E-state index in [0.717, 1.165) is 25.0 Å². The molecule has 0 heterocycles. The molecule has 0 radical (unpaired) electrons. The molecule has 0 aliphatic rings. The molecule has 8 heteroatoms. The fourth-order valence-corrected chi connectivity index (χ4v) is 2.46. The first kappa shape index (κ1) is 15.7. The highest BCUT2D eigenvalue weighted by atomic mass is 35.5. The lowest BCUT2D eigenvalue weighted by Gasteiger charge is -2.11. The van der Waals surface area contributed by atoms with Crippen molar-refractivity contribution in [2.75, 3.05) is 6.61 Å². The number of hydrogen-bond acceptors (Lipinski definition) is 4. The lowest BCUT2D eigenvalue weighted by atomic mass is 10.2. The van der Waals surface area contributed by atoms with Crippen LogP contribution in [-0.2, 0) is 10.0 Å². The van der Waals surface area contributed by atoms with Crippen LogP contribution in [0.2, 0.25) is 5.02 Å². The molecule has 6 nitrogen and oxygen atoms in total. The molecule has 0 bridgehead atoms. The van der Waals surface area contributed by atoms with E-state index in [0.29, 0.717) is 6.61 Å². The third-order valence-electron chi connectivity index (χ3n) is 2.33. The fourth-order valence-electron chi connectivity index (χ4n) is 1.37. The van der Waals surface area contributed by atoms with Gasteiger partial charge in [-0.05, 0) is 12.5 Å². The number of hydrogen-bond donors (Lipinski definition) is 2. The Hall–Kier alpha value is -1.31. The van der Waals surface area contributed by atoms with Crippen LogP contribution in [0.1, 0.15) is 30.1 Å². The van der Waals surface area contributed by atoms with Gasteiger partial charge in [0.15, 0.2) is 0 Å². The molecule has 106 valence electrons. The van der Waals surface area contributed by atoms with Crippen LogP contribution in [-0.4, -0.2) is 26.1 Å². The minimum atomic E-state index is -4.08. The van der Waals surface area contributed by atoms with Crippen LogP contribution >= 0.6 is 11.6 Å². The summed E-state index contributed by atoms with van der Waals surface area (Å²) in [4.78, 5) is 10.7. The summed E-state index contributed by atoms with van der Waals surface area (Å²) < 4.78 is 27.8. The lowest BCUT2D eigenvalue weighted by Crippen LogP contribution is -2.14. The molecule has 0 saturated carbocycles. The number of carbonyl (C=O) groups is 1. The average Bonchev–Trinajstić information content (AvgIpc) is 2.27. The number of nitrogens with two attached hydrogens (primary N) is 1. The van der Waals surface area contributed by atoms with E-state index < -0.39 is 20.9 Å². The monoisotopic (exact) mass is 307 g/mol. The van der Waals surface area contributed by atoms with Gasteiger partial charge in [0.25, 0.3) is 0 Å².